The minimum absolute atomic E-state index is 0.0219. The SMILES string of the molecule is O=c1oc2c(OS(=O)(=O)c3cccc(C(F)(F)F)c3)cccc2cc1N(c1ccc([N+](=O)[O-])cc1)S(=O)O. The molecule has 0 fully saturated rings. The van der Waals surface area contributed by atoms with E-state index in [1.807, 2.05) is 0 Å². The number of alkyl halides is 3. The van der Waals surface area contributed by atoms with Crippen LogP contribution in [0, 0.1) is 10.1 Å². The molecule has 3 aromatic carbocycles. The van der Waals surface area contributed by atoms with Crippen LogP contribution in [0.3, 0.4) is 0 Å². The molecule has 11 nitrogen and oxygen atoms in total. The Morgan fingerprint density at radius 2 is 1.68 bits per heavy atom. The molecule has 0 bridgehead atoms. The zero-order valence-corrected chi connectivity index (χ0v) is 20.1. The van der Waals surface area contributed by atoms with Gasteiger partial charge >= 0.3 is 21.9 Å². The van der Waals surface area contributed by atoms with Crippen LogP contribution in [0.15, 0.2) is 86.9 Å². The van der Waals surface area contributed by atoms with E-state index >= 15 is 0 Å². The van der Waals surface area contributed by atoms with Crippen molar-refractivity contribution in [2.75, 3.05) is 4.31 Å². The molecule has 16 heteroatoms. The van der Waals surface area contributed by atoms with Crippen LogP contribution in [0.25, 0.3) is 11.0 Å². The number of hydrogen-bond acceptors (Lipinski definition) is 8. The van der Waals surface area contributed by atoms with Crippen LogP contribution >= 0.6 is 0 Å². The number of non-ortho nitro benzene ring substituents is 1. The fourth-order valence-electron chi connectivity index (χ4n) is 3.33. The van der Waals surface area contributed by atoms with E-state index < -0.39 is 65.6 Å². The van der Waals surface area contributed by atoms with Crippen molar-refractivity contribution < 1.29 is 43.9 Å². The largest absolute Gasteiger partial charge is 0.417 e. The third-order valence-corrected chi connectivity index (χ3v) is 6.98. The first kappa shape index (κ1) is 26.8. The normalized spacial score (nSPS) is 12.7. The summed E-state index contributed by atoms with van der Waals surface area (Å²) in [6, 6.07) is 12.0. The third kappa shape index (κ3) is 5.36. The molecular weight excluding hydrogens is 557 g/mol. The second-order valence-electron chi connectivity index (χ2n) is 7.46. The van der Waals surface area contributed by atoms with Gasteiger partial charge in [-0.25, -0.2) is 13.3 Å². The molecule has 0 spiro atoms. The van der Waals surface area contributed by atoms with Gasteiger partial charge in [0.25, 0.3) is 17.0 Å². The van der Waals surface area contributed by atoms with Crippen LogP contribution < -0.4 is 14.1 Å². The van der Waals surface area contributed by atoms with E-state index in [4.69, 9.17) is 8.60 Å². The Kier molecular flexibility index (Phi) is 6.96. The summed E-state index contributed by atoms with van der Waals surface area (Å²) in [7, 11) is -4.81. The molecule has 4 aromatic rings. The molecule has 0 radical (unpaired) electrons. The Balaban J connectivity index is 1.76. The van der Waals surface area contributed by atoms with Crippen molar-refractivity contribution in [2.45, 2.75) is 11.1 Å². The summed E-state index contributed by atoms with van der Waals surface area (Å²) in [6.45, 7) is 0. The quantitative estimate of drug-likeness (QED) is 0.109. The highest BCUT2D eigenvalue weighted by atomic mass is 32.2. The molecule has 198 valence electrons. The molecule has 0 saturated heterocycles. The van der Waals surface area contributed by atoms with Gasteiger partial charge in [0.2, 0.25) is 0 Å². The first-order valence-electron chi connectivity index (χ1n) is 10.1. The van der Waals surface area contributed by atoms with Gasteiger partial charge in [-0.15, -0.1) is 0 Å². The number of rotatable bonds is 7. The summed E-state index contributed by atoms with van der Waals surface area (Å²) in [5, 5.41) is 10.9. The van der Waals surface area contributed by atoms with Crippen LogP contribution in [-0.2, 0) is 27.6 Å². The Hall–Kier alpha value is -4.28. The molecule has 1 atom stereocenters. The predicted molar refractivity (Wildman–Crippen MR) is 128 cm³/mol. The number of fused-ring (bicyclic) bond motifs is 1. The fraction of sp³-hybridized carbons (Fsp3) is 0.0455. The topological polar surface area (TPSA) is 157 Å². The van der Waals surface area contributed by atoms with Gasteiger partial charge in [0.05, 0.1) is 16.2 Å². The van der Waals surface area contributed by atoms with Crippen LogP contribution in [0.2, 0.25) is 0 Å². The van der Waals surface area contributed by atoms with Gasteiger partial charge in [-0.2, -0.15) is 21.6 Å². The van der Waals surface area contributed by atoms with Crippen LogP contribution in [0.5, 0.6) is 5.75 Å². The number of nitrogens with zero attached hydrogens (tertiary/aromatic N) is 2. The van der Waals surface area contributed by atoms with Crippen molar-refractivity contribution in [2.24, 2.45) is 0 Å². The number of nitro groups is 1. The van der Waals surface area contributed by atoms with Crippen LogP contribution in [0.4, 0.5) is 30.2 Å². The van der Waals surface area contributed by atoms with Crippen molar-refractivity contribution in [1.82, 2.24) is 0 Å². The average Bonchev–Trinajstić information content (AvgIpc) is 2.84. The van der Waals surface area contributed by atoms with Gasteiger partial charge in [-0.05, 0) is 42.5 Å². The lowest BCUT2D eigenvalue weighted by Gasteiger charge is -2.19. The summed E-state index contributed by atoms with van der Waals surface area (Å²) >= 11 is -2.85. The highest BCUT2D eigenvalue weighted by Crippen LogP contribution is 2.34. The summed E-state index contributed by atoms with van der Waals surface area (Å²) in [5.74, 6) is -0.532. The molecule has 0 amide bonds. The predicted octanol–water partition coefficient (Wildman–Crippen LogP) is 4.76. The van der Waals surface area contributed by atoms with Gasteiger partial charge in [0.15, 0.2) is 11.3 Å². The van der Waals surface area contributed by atoms with E-state index in [9.17, 15) is 45.3 Å². The van der Waals surface area contributed by atoms with E-state index in [0.717, 1.165) is 48.5 Å². The number of benzene rings is 3. The van der Waals surface area contributed by atoms with E-state index in [2.05, 4.69) is 0 Å². The highest BCUT2D eigenvalue weighted by molar-refractivity contribution is 7.87. The van der Waals surface area contributed by atoms with Gasteiger partial charge in [-0.1, -0.05) is 18.2 Å². The molecular formula is C22H13F3N2O9S2. The van der Waals surface area contributed by atoms with Gasteiger partial charge in [0, 0.05) is 17.5 Å². The molecule has 4 rings (SSSR count). The number of para-hydroxylation sites is 1. The van der Waals surface area contributed by atoms with Crippen LogP contribution in [-0.4, -0.2) is 22.1 Å². The number of nitro benzene ring substituents is 1. The maximum absolute atomic E-state index is 13.0. The Morgan fingerprint density at radius 1 is 1.03 bits per heavy atom. The number of hydrogen-bond donors (Lipinski definition) is 1. The lowest BCUT2D eigenvalue weighted by atomic mass is 10.2. The molecule has 0 aliphatic rings. The molecule has 1 N–H and O–H groups in total. The fourth-order valence-corrected chi connectivity index (χ4v) is 4.91. The maximum atomic E-state index is 13.0. The van der Waals surface area contributed by atoms with Gasteiger partial charge < -0.3 is 8.60 Å². The van der Waals surface area contributed by atoms with Gasteiger partial charge in [-0.3, -0.25) is 14.7 Å². The minimum Gasteiger partial charge on any atom is -0.417 e. The van der Waals surface area contributed by atoms with E-state index in [-0.39, 0.29) is 16.8 Å². The van der Waals surface area contributed by atoms with E-state index in [1.54, 1.807) is 0 Å². The summed E-state index contributed by atoms with van der Waals surface area (Å²) in [6.07, 6.45) is -4.81. The Bertz CT molecular complexity index is 1740. The first-order chi connectivity index (χ1) is 17.8. The van der Waals surface area contributed by atoms with Crippen molar-refractivity contribution in [3.8, 4) is 5.75 Å². The van der Waals surface area contributed by atoms with E-state index in [1.165, 1.54) is 12.1 Å². The Labute approximate surface area is 213 Å². The zero-order valence-electron chi connectivity index (χ0n) is 18.5. The smallest absolute Gasteiger partial charge is 0.416 e. The van der Waals surface area contributed by atoms with Crippen LogP contribution in [0.1, 0.15) is 5.56 Å². The first-order valence-corrected chi connectivity index (χ1v) is 12.6. The highest BCUT2D eigenvalue weighted by Gasteiger charge is 2.32. The standard InChI is InChI=1S/C22H13F3N2O9S2/c23-22(24,25)14-4-2-5-17(12-14)38(33,34)36-19-6-1-3-13-11-18(21(28)35-20(13)19)26(37(31)32)15-7-9-16(10-8-15)27(29)30/h1-12H,(H,31,32). The Morgan fingerprint density at radius 3 is 2.29 bits per heavy atom. The second-order valence-corrected chi connectivity index (χ2v) is 9.83. The monoisotopic (exact) mass is 570 g/mol. The zero-order chi connectivity index (χ0) is 27.8. The number of anilines is 2. The van der Waals surface area contributed by atoms with E-state index in [0.29, 0.717) is 16.4 Å². The lowest BCUT2D eigenvalue weighted by molar-refractivity contribution is -0.384. The summed E-state index contributed by atoms with van der Waals surface area (Å²) in [4.78, 5) is 22.2. The maximum Gasteiger partial charge on any atom is 0.416 e. The third-order valence-electron chi connectivity index (χ3n) is 5.03. The average molecular weight is 570 g/mol. The molecule has 38 heavy (non-hydrogen) atoms. The van der Waals surface area contributed by atoms with Crippen molar-refractivity contribution in [3.63, 3.8) is 0 Å². The molecule has 0 aliphatic carbocycles. The minimum atomic E-state index is -4.81. The molecule has 1 unspecified atom stereocenters. The molecule has 1 heterocycles. The molecule has 1 aromatic heterocycles. The van der Waals surface area contributed by atoms with Crippen molar-refractivity contribution >= 4 is 49.4 Å². The summed E-state index contributed by atoms with van der Waals surface area (Å²) < 4.78 is 97.1. The van der Waals surface area contributed by atoms with Gasteiger partial charge in [0.1, 0.15) is 10.6 Å². The molecule has 0 saturated carbocycles. The molecule has 0 aliphatic heterocycles. The lowest BCUT2D eigenvalue weighted by Crippen LogP contribution is -2.24. The second kappa shape index (κ2) is 9.88. The summed E-state index contributed by atoms with van der Waals surface area (Å²) in [5.41, 5.74) is -3.73. The van der Waals surface area contributed by atoms with Crippen molar-refractivity contribution in [1.29, 1.82) is 0 Å². The van der Waals surface area contributed by atoms with Crippen molar-refractivity contribution in [3.05, 3.63) is 98.9 Å². The number of halogens is 3.